The molecule has 1 fully saturated rings. The molecule has 0 unspecified atom stereocenters. The first-order valence-electron chi connectivity index (χ1n) is 8.79. The topological polar surface area (TPSA) is 24.5 Å². The van der Waals surface area contributed by atoms with Gasteiger partial charge in [-0.15, -0.1) is 11.3 Å². The molecule has 1 N–H and O–H groups in total. The lowest BCUT2D eigenvalue weighted by Crippen LogP contribution is -2.43. The van der Waals surface area contributed by atoms with Gasteiger partial charge in [0.2, 0.25) is 0 Å². The molecule has 0 aliphatic carbocycles. The summed E-state index contributed by atoms with van der Waals surface area (Å²) in [7, 11) is 0. The smallest absolute Gasteiger partial charge is 0.129 e. The van der Waals surface area contributed by atoms with Crippen molar-refractivity contribution in [2.24, 2.45) is 0 Å². The third-order valence-electron chi connectivity index (χ3n) is 4.93. The van der Waals surface area contributed by atoms with E-state index in [-0.39, 0.29) is 0 Å². The molecule has 0 amide bonds. The molecule has 5 rings (SSSR count). The number of ether oxygens (including phenoxy) is 1. The van der Waals surface area contributed by atoms with Crippen LogP contribution in [0, 0.1) is 0 Å². The van der Waals surface area contributed by atoms with Crippen molar-refractivity contribution in [3.8, 4) is 5.75 Å². The molecule has 0 spiro atoms. The number of fused-ring (bicyclic) bond motifs is 2. The van der Waals surface area contributed by atoms with Gasteiger partial charge in [-0.25, -0.2) is 0 Å². The van der Waals surface area contributed by atoms with Crippen LogP contribution in [0.2, 0.25) is 0 Å². The SMILES string of the molecule is C1=C(c2cc3ccccc3s2)COc2cc(N3CCNCC3)ccc21. The average molecular weight is 348 g/mol. The fourth-order valence-electron chi connectivity index (χ4n) is 3.55. The van der Waals surface area contributed by atoms with Gasteiger partial charge in [0.1, 0.15) is 12.4 Å². The Morgan fingerprint density at radius 1 is 1.00 bits per heavy atom. The normalized spacial score (nSPS) is 17.1. The van der Waals surface area contributed by atoms with E-state index in [0.29, 0.717) is 6.61 Å². The third-order valence-corrected chi connectivity index (χ3v) is 6.13. The Hall–Kier alpha value is -2.30. The molecule has 3 aromatic rings. The molecule has 0 saturated carbocycles. The Kier molecular flexibility index (Phi) is 3.72. The number of hydrogen-bond acceptors (Lipinski definition) is 4. The summed E-state index contributed by atoms with van der Waals surface area (Å²) in [5.41, 5.74) is 3.71. The number of nitrogens with zero attached hydrogens (tertiary/aromatic N) is 1. The zero-order chi connectivity index (χ0) is 16.6. The number of rotatable bonds is 2. The Balaban J connectivity index is 1.47. The van der Waals surface area contributed by atoms with Crippen LogP contribution in [0.4, 0.5) is 5.69 Å². The summed E-state index contributed by atoms with van der Waals surface area (Å²) in [6.07, 6.45) is 2.28. The molecule has 1 saturated heterocycles. The maximum atomic E-state index is 6.11. The molecule has 0 radical (unpaired) electrons. The summed E-state index contributed by atoms with van der Waals surface area (Å²) >= 11 is 1.84. The highest BCUT2D eigenvalue weighted by atomic mass is 32.1. The van der Waals surface area contributed by atoms with Crippen LogP contribution in [0.25, 0.3) is 21.7 Å². The summed E-state index contributed by atoms with van der Waals surface area (Å²) in [5, 5.41) is 4.71. The van der Waals surface area contributed by atoms with Crippen molar-refractivity contribution in [2.45, 2.75) is 0 Å². The van der Waals surface area contributed by atoms with Crippen LogP contribution in [-0.2, 0) is 0 Å². The number of nitrogens with one attached hydrogen (secondary N) is 1. The molecule has 25 heavy (non-hydrogen) atoms. The van der Waals surface area contributed by atoms with Crippen molar-refractivity contribution >= 4 is 38.8 Å². The van der Waals surface area contributed by atoms with E-state index in [9.17, 15) is 0 Å². The molecule has 3 nitrogen and oxygen atoms in total. The van der Waals surface area contributed by atoms with E-state index < -0.39 is 0 Å². The van der Waals surface area contributed by atoms with Gasteiger partial charge in [0, 0.05) is 58.6 Å². The molecule has 126 valence electrons. The molecule has 4 heteroatoms. The standard InChI is InChI=1S/C21H20N2OS/c1-2-4-20-16(3-1)12-21(25-20)17-11-15-5-6-18(13-19(15)24-14-17)23-9-7-22-8-10-23/h1-6,11-13,22H,7-10,14H2. The predicted molar refractivity (Wildman–Crippen MR) is 107 cm³/mol. The predicted octanol–water partition coefficient (Wildman–Crippen LogP) is 4.24. The Morgan fingerprint density at radius 2 is 1.88 bits per heavy atom. The molecule has 3 heterocycles. The lowest BCUT2D eigenvalue weighted by atomic mass is 10.0. The van der Waals surface area contributed by atoms with Gasteiger partial charge in [0.25, 0.3) is 0 Å². The van der Waals surface area contributed by atoms with Crippen molar-refractivity contribution in [2.75, 3.05) is 37.7 Å². The lowest BCUT2D eigenvalue weighted by Gasteiger charge is -2.30. The fraction of sp³-hybridized carbons (Fsp3) is 0.238. The molecule has 2 aliphatic heterocycles. The highest BCUT2D eigenvalue weighted by molar-refractivity contribution is 7.20. The van der Waals surface area contributed by atoms with Gasteiger partial charge >= 0.3 is 0 Å². The monoisotopic (exact) mass is 348 g/mol. The van der Waals surface area contributed by atoms with Crippen molar-refractivity contribution in [1.82, 2.24) is 5.32 Å². The van der Waals surface area contributed by atoms with E-state index in [0.717, 1.165) is 31.9 Å². The Morgan fingerprint density at radius 3 is 2.76 bits per heavy atom. The van der Waals surface area contributed by atoms with Gasteiger partial charge in [0.05, 0.1) is 0 Å². The summed E-state index contributed by atoms with van der Waals surface area (Å²) in [6, 6.07) is 17.4. The van der Waals surface area contributed by atoms with Crippen LogP contribution in [0.5, 0.6) is 5.75 Å². The van der Waals surface area contributed by atoms with Crippen molar-refractivity contribution in [3.05, 3.63) is 59.0 Å². The van der Waals surface area contributed by atoms with Gasteiger partial charge in [-0.1, -0.05) is 18.2 Å². The van der Waals surface area contributed by atoms with Gasteiger partial charge in [0.15, 0.2) is 0 Å². The van der Waals surface area contributed by atoms with E-state index in [1.54, 1.807) is 0 Å². The maximum absolute atomic E-state index is 6.11. The molecule has 2 aliphatic rings. The molecular formula is C21H20N2OS. The van der Waals surface area contributed by atoms with Crippen molar-refractivity contribution < 1.29 is 4.74 Å². The maximum Gasteiger partial charge on any atom is 0.129 e. The first kappa shape index (κ1) is 15.0. The first-order valence-corrected chi connectivity index (χ1v) is 9.60. The summed E-state index contributed by atoms with van der Waals surface area (Å²) in [6.45, 7) is 4.86. The second kappa shape index (κ2) is 6.21. The number of thiophene rings is 1. The van der Waals surface area contributed by atoms with Gasteiger partial charge < -0.3 is 15.0 Å². The van der Waals surface area contributed by atoms with Crippen LogP contribution in [0.1, 0.15) is 10.4 Å². The summed E-state index contributed by atoms with van der Waals surface area (Å²) < 4.78 is 7.45. The minimum atomic E-state index is 0.644. The van der Waals surface area contributed by atoms with Crippen molar-refractivity contribution in [1.29, 1.82) is 0 Å². The molecule has 0 bridgehead atoms. The number of hydrogen-bond donors (Lipinski definition) is 1. The number of benzene rings is 2. The molecular weight excluding hydrogens is 328 g/mol. The Labute approximate surface area is 151 Å². The summed E-state index contributed by atoms with van der Waals surface area (Å²) in [4.78, 5) is 3.73. The molecule has 2 aromatic carbocycles. The van der Waals surface area contributed by atoms with Crippen molar-refractivity contribution in [3.63, 3.8) is 0 Å². The molecule has 0 atom stereocenters. The minimum absolute atomic E-state index is 0.644. The summed E-state index contributed by atoms with van der Waals surface area (Å²) in [5.74, 6) is 1.00. The minimum Gasteiger partial charge on any atom is -0.488 e. The van der Waals surface area contributed by atoms with Crippen LogP contribution < -0.4 is 15.0 Å². The van der Waals surface area contributed by atoms with E-state index in [1.807, 2.05) is 11.3 Å². The quantitative estimate of drug-likeness (QED) is 0.749. The van der Waals surface area contributed by atoms with E-state index in [4.69, 9.17) is 4.74 Å². The second-order valence-corrected chi connectivity index (χ2v) is 7.65. The van der Waals surface area contributed by atoms with Crippen LogP contribution >= 0.6 is 11.3 Å². The largest absolute Gasteiger partial charge is 0.488 e. The number of anilines is 1. The van der Waals surface area contributed by atoms with Crippen LogP contribution in [-0.4, -0.2) is 32.8 Å². The third kappa shape index (κ3) is 2.81. The van der Waals surface area contributed by atoms with E-state index in [1.165, 1.54) is 31.8 Å². The van der Waals surface area contributed by atoms with E-state index >= 15 is 0 Å². The first-order chi connectivity index (χ1) is 12.4. The lowest BCUT2D eigenvalue weighted by molar-refractivity contribution is 0.366. The van der Waals surface area contributed by atoms with E-state index in [2.05, 4.69) is 64.8 Å². The van der Waals surface area contributed by atoms with Gasteiger partial charge in [-0.05, 0) is 35.7 Å². The highest BCUT2D eigenvalue weighted by Gasteiger charge is 2.17. The molecule has 1 aromatic heterocycles. The number of piperazine rings is 1. The Bertz CT molecular complexity index is 920. The van der Waals surface area contributed by atoms with Gasteiger partial charge in [-0.3, -0.25) is 0 Å². The van der Waals surface area contributed by atoms with Crippen LogP contribution in [0.15, 0.2) is 48.5 Å². The zero-order valence-corrected chi connectivity index (χ0v) is 14.8. The van der Waals surface area contributed by atoms with Gasteiger partial charge in [-0.2, -0.15) is 0 Å². The van der Waals surface area contributed by atoms with Crippen LogP contribution in [0.3, 0.4) is 0 Å². The highest BCUT2D eigenvalue weighted by Crippen LogP contribution is 2.37. The zero-order valence-electron chi connectivity index (χ0n) is 14.0. The average Bonchev–Trinajstić information content (AvgIpc) is 3.12. The fourth-order valence-corrected chi connectivity index (χ4v) is 4.62. The second-order valence-electron chi connectivity index (χ2n) is 6.57.